The number of fused-ring (bicyclic) bond motifs is 1. The van der Waals surface area contributed by atoms with E-state index in [0.29, 0.717) is 0 Å². The number of aromatic hydroxyl groups is 6. The van der Waals surface area contributed by atoms with E-state index >= 15 is 0 Å². The van der Waals surface area contributed by atoms with Crippen molar-refractivity contribution in [2.75, 3.05) is 13.2 Å². The molecular weight excluding hydrogens is 752 g/mol. The van der Waals surface area contributed by atoms with E-state index in [0.717, 1.165) is 48.6 Å². The molecule has 0 bridgehead atoms. The predicted molar refractivity (Wildman–Crippen MR) is 184 cm³/mol. The van der Waals surface area contributed by atoms with E-state index in [1.807, 2.05) is 0 Å². The minimum absolute atomic E-state index is 0.120. The monoisotopic (exact) mass is 788 g/mol. The Kier molecular flexibility index (Phi) is 11.6. The van der Waals surface area contributed by atoms with E-state index in [2.05, 4.69) is 0 Å². The highest BCUT2D eigenvalue weighted by Crippen LogP contribution is 2.40. The predicted octanol–water partition coefficient (Wildman–Crippen LogP) is -1.04. The number of hydrogen-bond donors (Lipinski definition) is 12. The fourth-order valence-electron chi connectivity index (χ4n) is 6.07. The Hall–Kier alpha value is -5.68. The van der Waals surface area contributed by atoms with Gasteiger partial charge in [-0.1, -0.05) is 6.07 Å². The van der Waals surface area contributed by atoms with Crippen LogP contribution < -0.4 is 10.2 Å². The van der Waals surface area contributed by atoms with Crippen LogP contribution in [0.5, 0.6) is 40.2 Å². The van der Waals surface area contributed by atoms with Gasteiger partial charge < -0.3 is 89.4 Å². The summed E-state index contributed by atoms with van der Waals surface area (Å²) < 4.78 is 34.3. The van der Waals surface area contributed by atoms with Crippen molar-refractivity contribution in [3.8, 4) is 51.6 Å². The number of rotatable bonds is 10. The molecule has 3 aromatic carbocycles. The third-order valence-electron chi connectivity index (χ3n) is 8.99. The van der Waals surface area contributed by atoms with E-state index in [9.17, 15) is 70.9 Å². The highest BCUT2D eigenvalue weighted by Gasteiger charge is 2.53. The SMILES string of the molecule is O=C(C=Cc1ccc(O)c(O)c1)O[C@H]1[C@H](O[C@H]2[C@H](Oc3c(-c4ccc(O)c(O)c4)oc4cc(O)cc(O)c4c3=O)O[C@H](CO)[C@@H](O)[C@@H]2O)O[C@H](CO)[C@@H](O)[C@@H]1O. The van der Waals surface area contributed by atoms with Crippen LogP contribution in [-0.2, 0) is 23.7 Å². The van der Waals surface area contributed by atoms with E-state index in [1.54, 1.807) is 0 Å². The number of phenols is 6. The van der Waals surface area contributed by atoms with Crippen LogP contribution in [0.25, 0.3) is 28.4 Å². The van der Waals surface area contributed by atoms with Crippen LogP contribution in [-0.4, -0.2) is 142 Å². The highest BCUT2D eigenvalue weighted by molar-refractivity contribution is 5.89. The molecule has 0 amide bonds. The van der Waals surface area contributed by atoms with E-state index in [-0.39, 0.29) is 16.7 Å². The number of carbonyl (C=O) groups excluding carboxylic acids is 1. The Labute approximate surface area is 313 Å². The van der Waals surface area contributed by atoms with Gasteiger partial charge in [0.15, 0.2) is 47.3 Å². The van der Waals surface area contributed by atoms with Crippen molar-refractivity contribution in [3.05, 3.63) is 70.4 Å². The molecule has 20 nitrogen and oxygen atoms in total. The summed E-state index contributed by atoms with van der Waals surface area (Å²) in [5, 5.41) is 123. The zero-order chi connectivity index (χ0) is 40.6. The minimum Gasteiger partial charge on any atom is -0.508 e. The van der Waals surface area contributed by atoms with Crippen molar-refractivity contribution in [2.45, 2.75) is 61.4 Å². The van der Waals surface area contributed by atoms with Gasteiger partial charge in [0.2, 0.25) is 17.5 Å². The molecule has 12 N–H and O–H groups in total. The number of benzene rings is 3. The zero-order valence-electron chi connectivity index (χ0n) is 28.6. The molecule has 0 radical (unpaired) electrons. The van der Waals surface area contributed by atoms with Gasteiger partial charge in [-0.3, -0.25) is 4.79 Å². The molecule has 3 heterocycles. The quantitative estimate of drug-likeness (QED) is 0.0519. The normalized spacial score (nSPS) is 28.0. The van der Waals surface area contributed by atoms with Gasteiger partial charge in [0.25, 0.3) is 0 Å². The summed E-state index contributed by atoms with van der Waals surface area (Å²) in [6.07, 6.45) is -17.2. The van der Waals surface area contributed by atoms with Crippen LogP contribution in [0.1, 0.15) is 5.56 Å². The van der Waals surface area contributed by atoms with Crippen LogP contribution >= 0.6 is 0 Å². The molecule has 56 heavy (non-hydrogen) atoms. The van der Waals surface area contributed by atoms with Crippen molar-refractivity contribution >= 4 is 23.0 Å². The highest BCUT2D eigenvalue weighted by atomic mass is 16.8. The number of esters is 1. The smallest absolute Gasteiger partial charge is 0.331 e. The second kappa shape index (κ2) is 16.2. The maximum atomic E-state index is 14.0. The maximum Gasteiger partial charge on any atom is 0.331 e. The zero-order valence-corrected chi connectivity index (χ0v) is 28.6. The molecule has 0 saturated carbocycles. The summed E-state index contributed by atoms with van der Waals surface area (Å²) in [5.74, 6) is -5.91. The summed E-state index contributed by atoms with van der Waals surface area (Å²) in [4.78, 5) is 26.9. The largest absolute Gasteiger partial charge is 0.508 e. The van der Waals surface area contributed by atoms with Crippen LogP contribution in [0.4, 0.5) is 0 Å². The van der Waals surface area contributed by atoms with Crippen molar-refractivity contribution in [1.29, 1.82) is 0 Å². The molecule has 6 rings (SSSR count). The van der Waals surface area contributed by atoms with Gasteiger partial charge in [0, 0.05) is 23.8 Å². The molecule has 1 aromatic heterocycles. The van der Waals surface area contributed by atoms with E-state index in [4.69, 9.17) is 28.1 Å². The van der Waals surface area contributed by atoms with Gasteiger partial charge in [-0.2, -0.15) is 0 Å². The number of carbonyl (C=O) groups is 1. The fourth-order valence-corrected chi connectivity index (χ4v) is 6.07. The molecule has 2 fully saturated rings. The molecule has 2 aliphatic rings. The van der Waals surface area contributed by atoms with Crippen molar-refractivity contribution in [3.63, 3.8) is 0 Å². The third kappa shape index (κ3) is 7.86. The molecular formula is C36H36O20. The standard InChI is InChI=1S/C36H36O20/c37-11-22-26(46)29(49)33(54-24(45)6-2-13-1-4-16(40)18(42)7-13)35(52-22)56-34-30(50)27(47)23(12-38)53-36(34)55-32-28(48)25-20(44)9-15(39)10-21(25)51-31(32)14-3-5-17(41)19(43)8-14/h1-10,22-23,26-27,29-30,33-44,46-47,49-50H,11-12H2/t22-,23-,26-,27-,29+,30+,33-,34-,35+,36+/m1/s1. The van der Waals surface area contributed by atoms with Crippen molar-refractivity contribution in [1.82, 2.24) is 0 Å². The lowest BCUT2D eigenvalue weighted by Gasteiger charge is -2.46. The summed E-state index contributed by atoms with van der Waals surface area (Å²) >= 11 is 0. The Morgan fingerprint density at radius 2 is 1.30 bits per heavy atom. The Balaban J connectivity index is 1.38. The lowest BCUT2D eigenvalue weighted by atomic mass is 9.97. The molecule has 10 atom stereocenters. The lowest BCUT2D eigenvalue weighted by Crippen LogP contribution is -2.65. The van der Waals surface area contributed by atoms with Gasteiger partial charge in [-0.25, -0.2) is 4.79 Å². The molecule has 300 valence electrons. The average Bonchev–Trinajstić information content (AvgIpc) is 3.16. The van der Waals surface area contributed by atoms with Gasteiger partial charge in [0.1, 0.15) is 59.1 Å². The van der Waals surface area contributed by atoms with Crippen molar-refractivity contribution in [2.24, 2.45) is 0 Å². The molecule has 0 unspecified atom stereocenters. The van der Waals surface area contributed by atoms with Crippen LogP contribution in [0.3, 0.4) is 0 Å². The lowest BCUT2D eigenvalue weighted by molar-refractivity contribution is -0.358. The maximum absolute atomic E-state index is 14.0. The Morgan fingerprint density at radius 1 is 0.696 bits per heavy atom. The summed E-state index contributed by atoms with van der Waals surface area (Å²) in [6.45, 7) is -1.85. The van der Waals surface area contributed by atoms with E-state index < -0.39 is 137 Å². The fraction of sp³-hybridized carbons (Fsp3) is 0.333. The second-order valence-corrected chi connectivity index (χ2v) is 12.7. The molecule has 20 heteroatoms. The molecule has 2 saturated heterocycles. The van der Waals surface area contributed by atoms with Crippen LogP contribution in [0.2, 0.25) is 0 Å². The second-order valence-electron chi connectivity index (χ2n) is 12.7. The Bertz CT molecular complexity index is 2170. The Morgan fingerprint density at radius 3 is 1.93 bits per heavy atom. The number of aliphatic hydroxyl groups excluding tert-OH is 6. The number of aliphatic hydroxyl groups is 6. The first-order valence-electron chi connectivity index (χ1n) is 16.6. The minimum atomic E-state index is -2.09. The number of hydrogen-bond acceptors (Lipinski definition) is 20. The van der Waals surface area contributed by atoms with Crippen LogP contribution in [0.15, 0.2) is 63.8 Å². The molecule has 2 aliphatic heterocycles. The summed E-state index contributed by atoms with van der Waals surface area (Å²) in [5.41, 5.74) is -1.39. The molecule has 0 aliphatic carbocycles. The van der Waals surface area contributed by atoms with Gasteiger partial charge >= 0.3 is 5.97 Å². The first-order valence-corrected chi connectivity index (χ1v) is 16.6. The van der Waals surface area contributed by atoms with Crippen molar-refractivity contribution < 1.29 is 94.2 Å². The first-order chi connectivity index (χ1) is 26.6. The first kappa shape index (κ1) is 40.0. The molecule has 0 spiro atoms. The van der Waals surface area contributed by atoms with E-state index in [1.165, 1.54) is 12.1 Å². The van der Waals surface area contributed by atoms with Crippen LogP contribution in [0, 0.1) is 0 Å². The average molecular weight is 789 g/mol. The number of phenolic OH excluding ortho intramolecular Hbond substituents is 6. The van der Waals surface area contributed by atoms with Gasteiger partial charge in [-0.05, 0) is 42.0 Å². The summed E-state index contributed by atoms with van der Waals surface area (Å²) in [7, 11) is 0. The topological polar surface area (TPSA) is 336 Å². The third-order valence-corrected chi connectivity index (χ3v) is 8.99. The van der Waals surface area contributed by atoms with Gasteiger partial charge in [0.05, 0.1) is 13.2 Å². The molecule has 4 aromatic rings. The van der Waals surface area contributed by atoms with Gasteiger partial charge in [-0.15, -0.1) is 0 Å². The number of ether oxygens (including phenoxy) is 5. The summed E-state index contributed by atoms with van der Waals surface area (Å²) in [6, 6.07) is 8.60.